The van der Waals surface area contributed by atoms with Crippen molar-refractivity contribution in [1.29, 1.82) is 5.26 Å². The van der Waals surface area contributed by atoms with Gasteiger partial charge < -0.3 is 10.0 Å². The van der Waals surface area contributed by atoms with Crippen molar-refractivity contribution >= 4 is 11.9 Å². The second-order valence-corrected chi connectivity index (χ2v) is 3.55. The molecule has 1 aromatic carbocycles. The zero-order chi connectivity index (χ0) is 12.8. The quantitative estimate of drug-likeness (QED) is 0.836. The van der Waals surface area contributed by atoms with Crippen LogP contribution < -0.4 is 0 Å². The van der Waals surface area contributed by atoms with E-state index in [1.54, 1.807) is 24.3 Å². The van der Waals surface area contributed by atoms with Crippen LogP contribution in [-0.2, 0) is 11.2 Å². The van der Waals surface area contributed by atoms with Crippen LogP contribution in [0.2, 0.25) is 0 Å². The lowest BCUT2D eigenvalue weighted by molar-refractivity contribution is -0.137. The number of aliphatic carboxylic acids is 1. The second-order valence-electron chi connectivity index (χ2n) is 3.55. The summed E-state index contributed by atoms with van der Waals surface area (Å²) in [6, 6.07) is 8.67. The molecule has 1 N–H and O–H groups in total. The first-order valence-corrected chi connectivity index (χ1v) is 4.98. The minimum absolute atomic E-state index is 0.128. The van der Waals surface area contributed by atoms with Gasteiger partial charge in [-0.15, -0.1) is 0 Å². The molecule has 5 heteroatoms. The lowest BCUT2D eigenvalue weighted by Gasteiger charge is -2.16. The smallest absolute Gasteiger partial charge is 0.323 e. The summed E-state index contributed by atoms with van der Waals surface area (Å²) in [6.45, 7) is -0.361. The summed E-state index contributed by atoms with van der Waals surface area (Å²) in [7, 11) is 1.42. The Morgan fingerprint density at radius 3 is 2.65 bits per heavy atom. The van der Waals surface area contributed by atoms with Crippen LogP contribution in [0.5, 0.6) is 0 Å². The number of hydrogen-bond donors (Lipinski definition) is 1. The van der Waals surface area contributed by atoms with Gasteiger partial charge in [0, 0.05) is 12.6 Å². The number of carbonyl (C=O) groups is 2. The molecule has 0 spiro atoms. The van der Waals surface area contributed by atoms with Gasteiger partial charge in [-0.1, -0.05) is 18.2 Å². The molecule has 0 fully saturated rings. The van der Waals surface area contributed by atoms with E-state index in [0.717, 1.165) is 4.90 Å². The summed E-state index contributed by atoms with van der Waals surface area (Å²) in [5, 5.41) is 17.2. The largest absolute Gasteiger partial charge is 0.480 e. The average Bonchev–Trinajstić information content (AvgIpc) is 2.28. The maximum absolute atomic E-state index is 11.9. The van der Waals surface area contributed by atoms with E-state index in [2.05, 4.69) is 0 Å². The van der Waals surface area contributed by atoms with Gasteiger partial charge in [-0.25, -0.2) is 0 Å². The molecule has 0 aliphatic rings. The number of benzene rings is 1. The summed E-state index contributed by atoms with van der Waals surface area (Å²) in [5.74, 6) is -1.46. The molecule has 88 valence electrons. The Labute approximate surface area is 98.9 Å². The Bertz CT molecular complexity index is 477. The zero-order valence-electron chi connectivity index (χ0n) is 9.38. The number of nitriles is 1. The topological polar surface area (TPSA) is 81.4 Å². The Kier molecular flexibility index (Phi) is 4.23. The zero-order valence-corrected chi connectivity index (χ0v) is 9.38. The molecule has 0 unspecified atom stereocenters. The summed E-state index contributed by atoms with van der Waals surface area (Å²) >= 11 is 0. The Morgan fingerprint density at radius 1 is 1.41 bits per heavy atom. The van der Waals surface area contributed by atoms with Gasteiger partial charge in [-0.05, 0) is 11.6 Å². The number of nitrogens with zero attached hydrogens (tertiary/aromatic N) is 2. The number of likely N-dealkylation sites (N-methyl/N-ethyl adjacent to an activating group) is 1. The summed E-state index contributed by atoms with van der Waals surface area (Å²) in [4.78, 5) is 23.5. The van der Waals surface area contributed by atoms with Gasteiger partial charge in [0.1, 0.15) is 6.54 Å². The van der Waals surface area contributed by atoms with Crippen molar-refractivity contribution in [1.82, 2.24) is 4.90 Å². The van der Waals surface area contributed by atoms with Gasteiger partial charge >= 0.3 is 5.97 Å². The predicted molar refractivity (Wildman–Crippen MR) is 60.4 cm³/mol. The number of carboxylic acids is 1. The van der Waals surface area contributed by atoms with Gasteiger partial charge in [0.2, 0.25) is 0 Å². The molecule has 0 heterocycles. The Hall–Kier alpha value is -2.35. The fourth-order valence-corrected chi connectivity index (χ4v) is 1.45. The van der Waals surface area contributed by atoms with Crippen molar-refractivity contribution in [2.45, 2.75) is 6.42 Å². The first kappa shape index (κ1) is 12.7. The number of carboxylic acid groups (broad SMARTS) is 1. The SMILES string of the molecule is CN(CC(=O)O)C(=O)c1ccccc1CC#N. The molecule has 1 aromatic rings. The minimum atomic E-state index is -1.07. The van der Waals surface area contributed by atoms with E-state index < -0.39 is 11.9 Å². The highest BCUT2D eigenvalue weighted by Gasteiger charge is 2.16. The van der Waals surface area contributed by atoms with Crippen LogP contribution in [0.3, 0.4) is 0 Å². The van der Waals surface area contributed by atoms with Gasteiger partial charge in [-0.2, -0.15) is 5.26 Å². The van der Waals surface area contributed by atoms with E-state index in [-0.39, 0.29) is 13.0 Å². The van der Waals surface area contributed by atoms with E-state index in [0.29, 0.717) is 11.1 Å². The standard InChI is InChI=1S/C12H12N2O3/c1-14(8-11(15)16)12(17)10-5-3-2-4-9(10)6-7-13/h2-5H,6,8H2,1H3,(H,15,16). The summed E-state index contributed by atoms with van der Waals surface area (Å²) < 4.78 is 0. The van der Waals surface area contributed by atoms with Gasteiger partial charge in [-0.3, -0.25) is 9.59 Å². The average molecular weight is 232 g/mol. The third-order valence-electron chi connectivity index (χ3n) is 2.24. The second kappa shape index (κ2) is 5.66. The predicted octanol–water partition coefficient (Wildman–Crippen LogP) is 0.909. The van der Waals surface area contributed by atoms with E-state index in [4.69, 9.17) is 10.4 Å². The monoisotopic (exact) mass is 232 g/mol. The van der Waals surface area contributed by atoms with Crippen LogP contribution in [0.4, 0.5) is 0 Å². The molecule has 0 bridgehead atoms. The number of carbonyl (C=O) groups excluding carboxylic acids is 1. The lowest BCUT2D eigenvalue weighted by Crippen LogP contribution is -2.32. The third-order valence-corrected chi connectivity index (χ3v) is 2.24. The number of hydrogen-bond acceptors (Lipinski definition) is 3. The van der Waals surface area contributed by atoms with E-state index in [9.17, 15) is 9.59 Å². The van der Waals surface area contributed by atoms with Crippen LogP contribution in [0, 0.1) is 11.3 Å². The molecule has 17 heavy (non-hydrogen) atoms. The maximum atomic E-state index is 11.9. The molecule has 0 saturated heterocycles. The van der Waals surface area contributed by atoms with Crippen LogP contribution in [-0.4, -0.2) is 35.5 Å². The summed E-state index contributed by atoms with van der Waals surface area (Å²) in [6.07, 6.45) is 0.128. The Balaban J connectivity index is 2.96. The highest BCUT2D eigenvalue weighted by molar-refractivity contribution is 5.97. The van der Waals surface area contributed by atoms with Gasteiger partial charge in [0.05, 0.1) is 12.5 Å². The van der Waals surface area contributed by atoms with E-state index in [1.807, 2.05) is 6.07 Å². The van der Waals surface area contributed by atoms with Crippen molar-refractivity contribution in [3.63, 3.8) is 0 Å². The normalized spacial score (nSPS) is 9.41. The Morgan fingerprint density at radius 2 is 2.06 bits per heavy atom. The van der Waals surface area contributed by atoms with Gasteiger partial charge in [0.25, 0.3) is 5.91 Å². The fourth-order valence-electron chi connectivity index (χ4n) is 1.45. The number of amides is 1. The van der Waals surface area contributed by atoms with Crippen molar-refractivity contribution < 1.29 is 14.7 Å². The molecule has 1 amide bonds. The molecule has 1 rings (SSSR count). The van der Waals surface area contributed by atoms with Crippen LogP contribution in [0.1, 0.15) is 15.9 Å². The van der Waals surface area contributed by atoms with Gasteiger partial charge in [0.15, 0.2) is 0 Å². The molecule has 0 atom stereocenters. The van der Waals surface area contributed by atoms with Crippen molar-refractivity contribution in [3.05, 3.63) is 35.4 Å². The molecular formula is C12H12N2O3. The van der Waals surface area contributed by atoms with Crippen molar-refractivity contribution in [2.75, 3.05) is 13.6 Å². The molecule has 5 nitrogen and oxygen atoms in total. The van der Waals surface area contributed by atoms with Crippen molar-refractivity contribution in [3.8, 4) is 6.07 Å². The molecule has 0 aliphatic carbocycles. The van der Waals surface area contributed by atoms with Crippen LogP contribution >= 0.6 is 0 Å². The summed E-state index contributed by atoms with van der Waals surface area (Å²) in [5.41, 5.74) is 0.982. The minimum Gasteiger partial charge on any atom is -0.480 e. The molecule has 0 aliphatic heterocycles. The molecule has 0 saturated carbocycles. The molecule has 0 radical (unpaired) electrons. The van der Waals surface area contributed by atoms with E-state index >= 15 is 0 Å². The highest BCUT2D eigenvalue weighted by Crippen LogP contribution is 2.11. The van der Waals surface area contributed by atoms with Crippen LogP contribution in [0.15, 0.2) is 24.3 Å². The van der Waals surface area contributed by atoms with E-state index in [1.165, 1.54) is 7.05 Å². The lowest BCUT2D eigenvalue weighted by atomic mass is 10.0. The van der Waals surface area contributed by atoms with Crippen LogP contribution in [0.25, 0.3) is 0 Å². The fraction of sp³-hybridized carbons (Fsp3) is 0.250. The molecule has 0 aromatic heterocycles. The molecular weight excluding hydrogens is 220 g/mol. The highest BCUT2D eigenvalue weighted by atomic mass is 16.4. The number of rotatable bonds is 4. The first-order chi connectivity index (χ1) is 8.06. The first-order valence-electron chi connectivity index (χ1n) is 4.98. The van der Waals surface area contributed by atoms with Crippen molar-refractivity contribution in [2.24, 2.45) is 0 Å². The third kappa shape index (κ3) is 3.31. The maximum Gasteiger partial charge on any atom is 0.323 e.